The fourth-order valence-electron chi connectivity index (χ4n) is 1.77. The summed E-state index contributed by atoms with van der Waals surface area (Å²) in [6.45, 7) is 0. The molecule has 0 aliphatic carbocycles. The molecule has 3 rings (SSSR count). The van der Waals surface area contributed by atoms with E-state index in [1.165, 1.54) is 18.2 Å². The molecule has 3 aromatic rings. The van der Waals surface area contributed by atoms with Gasteiger partial charge in [-0.25, -0.2) is 8.36 Å². The summed E-state index contributed by atoms with van der Waals surface area (Å²) in [5, 5.41) is 9.08. The number of benzene rings is 1. The molecule has 20 heavy (non-hydrogen) atoms. The van der Waals surface area contributed by atoms with Crippen molar-refractivity contribution in [1.29, 1.82) is 0 Å². The van der Waals surface area contributed by atoms with Crippen LogP contribution in [0.5, 0.6) is 5.88 Å². The third-order valence-electron chi connectivity index (χ3n) is 2.66. The molecule has 0 saturated carbocycles. The summed E-state index contributed by atoms with van der Waals surface area (Å²) in [7, 11) is -4.14. The van der Waals surface area contributed by atoms with E-state index in [0.29, 0.717) is 9.36 Å². The molecular formula is C11H7FN2O4S2. The van der Waals surface area contributed by atoms with E-state index in [9.17, 15) is 17.9 Å². The quantitative estimate of drug-likeness (QED) is 0.709. The van der Waals surface area contributed by atoms with Gasteiger partial charge in [-0.05, 0) is 18.3 Å². The van der Waals surface area contributed by atoms with Crippen LogP contribution >= 0.6 is 12.2 Å². The van der Waals surface area contributed by atoms with Gasteiger partial charge in [-0.1, -0.05) is 12.1 Å². The fraction of sp³-hybridized carbons (Fsp3) is 0. The lowest BCUT2D eigenvalue weighted by Gasteiger charge is -1.99. The molecule has 0 unspecified atom stereocenters. The first-order chi connectivity index (χ1) is 9.39. The minimum absolute atomic E-state index is 0.155. The number of halogens is 1. The van der Waals surface area contributed by atoms with Crippen LogP contribution < -0.4 is 0 Å². The third-order valence-corrected chi connectivity index (χ3v) is 4.59. The third kappa shape index (κ3) is 1.82. The number of aromatic amines is 1. The summed E-state index contributed by atoms with van der Waals surface area (Å²) >= 11 is 4.78. The molecule has 0 fully saturated rings. The SMILES string of the molecule is O=S(=O)(c1cc2cccc(F)c2o1)n1cc(O)[nH]c1=S. The van der Waals surface area contributed by atoms with Crippen LogP contribution in [0, 0.1) is 10.6 Å². The number of hydrogen-bond donors (Lipinski definition) is 2. The number of H-pyrrole nitrogens is 1. The number of hydrogen-bond acceptors (Lipinski definition) is 5. The standard InChI is InChI=1S/C11H7FN2O4S2/c12-7-3-1-2-6-4-9(18-10(6)7)20(16,17)14-5-8(15)13-11(14)19/h1-5,15H,(H,13,19). The highest BCUT2D eigenvalue weighted by atomic mass is 32.2. The van der Waals surface area contributed by atoms with E-state index < -0.39 is 26.8 Å². The molecule has 2 aromatic heterocycles. The molecule has 0 spiro atoms. The average molecular weight is 314 g/mol. The Morgan fingerprint density at radius 1 is 1.40 bits per heavy atom. The van der Waals surface area contributed by atoms with Crippen molar-refractivity contribution in [3.05, 3.63) is 41.1 Å². The molecule has 9 heteroatoms. The predicted molar refractivity (Wildman–Crippen MR) is 70.0 cm³/mol. The maximum absolute atomic E-state index is 13.5. The van der Waals surface area contributed by atoms with Gasteiger partial charge < -0.3 is 14.5 Å². The summed E-state index contributed by atoms with van der Waals surface area (Å²) in [4.78, 5) is 2.27. The monoisotopic (exact) mass is 314 g/mol. The van der Waals surface area contributed by atoms with Crippen LogP contribution in [0.1, 0.15) is 0 Å². The van der Waals surface area contributed by atoms with Gasteiger partial charge in [-0.2, -0.15) is 8.42 Å². The summed E-state index contributed by atoms with van der Waals surface area (Å²) in [6.07, 6.45) is 0.904. The van der Waals surface area contributed by atoms with Crippen LogP contribution in [0.3, 0.4) is 0 Å². The number of aromatic hydroxyl groups is 1. The van der Waals surface area contributed by atoms with Crippen molar-refractivity contribution < 1.29 is 22.3 Å². The summed E-state index contributed by atoms with van der Waals surface area (Å²) in [5.41, 5.74) is -0.155. The summed E-state index contributed by atoms with van der Waals surface area (Å²) < 4.78 is 43.6. The zero-order valence-electron chi connectivity index (χ0n) is 9.70. The van der Waals surface area contributed by atoms with Gasteiger partial charge in [0.2, 0.25) is 11.0 Å². The van der Waals surface area contributed by atoms with Crippen molar-refractivity contribution in [3.8, 4) is 5.88 Å². The largest absolute Gasteiger partial charge is 0.493 e. The molecule has 0 amide bonds. The van der Waals surface area contributed by atoms with Crippen molar-refractivity contribution in [3.63, 3.8) is 0 Å². The Hall–Kier alpha value is -2.13. The van der Waals surface area contributed by atoms with Gasteiger partial charge in [0.15, 0.2) is 16.2 Å². The molecule has 6 nitrogen and oxygen atoms in total. The first-order valence-electron chi connectivity index (χ1n) is 5.34. The normalized spacial score (nSPS) is 12.1. The number of para-hydroxylation sites is 1. The molecule has 0 atom stereocenters. The Labute approximate surface area is 117 Å². The minimum Gasteiger partial charge on any atom is -0.493 e. The van der Waals surface area contributed by atoms with Crippen LogP contribution in [-0.4, -0.2) is 22.5 Å². The van der Waals surface area contributed by atoms with E-state index in [-0.39, 0.29) is 10.4 Å². The number of nitrogens with zero attached hydrogens (tertiary/aromatic N) is 1. The molecule has 0 radical (unpaired) electrons. The van der Waals surface area contributed by atoms with Gasteiger partial charge >= 0.3 is 10.0 Å². The highest BCUT2D eigenvalue weighted by Gasteiger charge is 2.24. The predicted octanol–water partition coefficient (Wildman–Crippen LogP) is 2.37. The van der Waals surface area contributed by atoms with Crippen molar-refractivity contribution in [2.24, 2.45) is 0 Å². The Balaban J connectivity index is 2.27. The maximum Gasteiger partial charge on any atom is 0.303 e. The Morgan fingerprint density at radius 3 is 2.75 bits per heavy atom. The van der Waals surface area contributed by atoms with Gasteiger partial charge in [0.05, 0.1) is 6.20 Å². The second-order valence-electron chi connectivity index (χ2n) is 3.97. The van der Waals surface area contributed by atoms with E-state index in [4.69, 9.17) is 16.6 Å². The number of furan rings is 1. The first kappa shape index (κ1) is 12.9. The lowest BCUT2D eigenvalue weighted by Crippen LogP contribution is -2.11. The van der Waals surface area contributed by atoms with Crippen LogP contribution in [0.25, 0.3) is 11.0 Å². The van der Waals surface area contributed by atoms with E-state index in [1.807, 2.05) is 0 Å². The molecule has 0 bridgehead atoms. The number of fused-ring (bicyclic) bond motifs is 1. The first-order valence-corrected chi connectivity index (χ1v) is 7.19. The highest BCUT2D eigenvalue weighted by molar-refractivity contribution is 7.90. The van der Waals surface area contributed by atoms with Crippen molar-refractivity contribution in [1.82, 2.24) is 8.96 Å². The van der Waals surface area contributed by atoms with Crippen LogP contribution in [-0.2, 0) is 10.0 Å². The van der Waals surface area contributed by atoms with E-state index in [1.54, 1.807) is 0 Å². The minimum atomic E-state index is -4.14. The fourth-order valence-corrected chi connectivity index (χ4v) is 3.39. The zero-order chi connectivity index (χ0) is 14.5. The average Bonchev–Trinajstić information content (AvgIpc) is 2.94. The summed E-state index contributed by atoms with van der Waals surface area (Å²) in [6, 6.07) is 5.32. The van der Waals surface area contributed by atoms with Crippen LogP contribution in [0.2, 0.25) is 0 Å². The Bertz CT molecular complexity index is 968. The van der Waals surface area contributed by atoms with E-state index in [2.05, 4.69) is 4.98 Å². The van der Waals surface area contributed by atoms with Crippen molar-refractivity contribution >= 4 is 33.2 Å². The lowest BCUT2D eigenvalue weighted by molar-refractivity contribution is 0.454. The van der Waals surface area contributed by atoms with Gasteiger partial charge in [0.25, 0.3) is 0 Å². The Morgan fingerprint density at radius 2 is 2.15 bits per heavy atom. The highest BCUT2D eigenvalue weighted by Crippen LogP contribution is 2.27. The molecule has 1 aromatic carbocycles. The van der Waals surface area contributed by atoms with Crippen LogP contribution in [0.4, 0.5) is 4.39 Å². The molecule has 2 N–H and O–H groups in total. The summed E-state index contributed by atoms with van der Waals surface area (Å²) in [5.74, 6) is -1.06. The van der Waals surface area contributed by atoms with Crippen molar-refractivity contribution in [2.45, 2.75) is 5.09 Å². The van der Waals surface area contributed by atoms with Gasteiger partial charge in [-0.15, -0.1) is 0 Å². The molecule has 0 aliphatic rings. The van der Waals surface area contributed by atoms with E-state index >= 15 is 0 Å². The maximum atomic E-state index is 13.5. The second kappa shape index (κ2) is 4.18. The topological polar surface area (TPSA) is 88.2 Å². The number of rotatable bonds is 2. The van der Waals surface area contributed by atoms with Gasteiger partial charge in [0, 0.05) is 11.5 Å². The number of nitrogens with one attached hydrogen (secondary N) is 1. The molecular weight excluding hydrogens is 307 g/mol. The molecule has 104 valence electrons. The van der Waals surface area contributed by atoms with Crippen LogP contribution in [0.15, 0.2) is 40.0 Å². The second-order valence-corrected chi connectivity index (χ2v) is 6.10. The zero-order valence-corrected chi connectivity index (χ0v) is 11.3. The molecule has 0 saturated heterocycles. The van der Waals surface area contributed by atoms with Gasteiger partial charge in [0.1, 0.15) is 0 Å². The van der Waals surface area contributed by atoms with E-state index in [0.717, 1.165) is 12.3 Å². The Kier molecular flexibility index (Phi) is 2.69. The lowest BCUT2D eigenvalue weighted by atomic mass is 10.2. The van der Waals surface area contributed by atoms with Crippen molar-refractivity contribution in [2.75, 3.05) is 0 Å². The van der Waals surface area contributed by atoms with Gasteiger partial charge in [-0.3, -0.25) is 0 Å². The molecule has 2 heterocycles. The smallest absolute Gasteiger partial charge is 0.303 e. The number of aromatic nitrogens is 2. The number of imidazole rings is 1. The molecule has 0 aliphatic heterocycles.